The zero-order valence-electron chi connectivity index (χ0n) is 20.8. The van der Waals surface area contributed by atoms with Crippen LogP contribution in [0.3, 0.4) is 0 Å². The van der Waals surface area contributed by atoms with Crippen molar-refractivity contribution in [2.75, 3.05) is 0 Å². The monoisotopic (exact) mass is 440 g/mol. The van der Waals surface area contributed by atoms with Gasteiger partial charge in [0.15, 0.2) is 0 Å². The van der Waals surface area contributed by atoms with Gasteiger partial charge in [0, 0.05) is 6.42 Å². The average molecular weight is 441 g/mol. The van der Waals surface area contributed by atoms with Gasteiger partial charge in [-0.3, -0.25) is 0 Å². The maximum absolute atomic E-state index is 10.1. The summed E-state index contributed by atoms with van der Waals surface area (Å²) in [4.78, 5) is 0. The quantitative estimate of drug-likeness (QED) is 0.457. The van der Waals surface area contributed by atoms with E-state index in [4.69, 9.17) is 0 Å². The van der Waals surface area contributed by atoms with Gasteiger partial charge in [0.1, 0.15) is 0 Å². The molecule has 0 spiro atoms. The molecule has 3 rings (SSSR count). The van der Waals surface area contributed by atoms with Crippen molar-refractivity contribution >= 4 is 0 Å². The molecule has 0 radical (unpaired) electrons. The molecule has 0 saturated heterocycles. The fourth-order valence-electron chi connectivity index (χ4n) is 6.65. The smallest absolute Gasteiger partial charge is 0.0811 e. The molecule has 6 atom stereocenters. The minimum Gasteiger partial charge on any atom is -0.393 e. The van der Waals surface area contributed by atoms with Gasteiger partial charge in [0.25, 0.3) is 0 Å². The fraction of sp³-hybridized carbons (Fsp3) is 0.655. The number of hydrogen-bond donors (Lipinski definition) is 3. The Morgan fingerprint density at radius 3 is 2.62 bits per heavy atom. The standard InChI is InChI=1S/C29H44O3/c1-19(18-28(4,5)32)9-10-20(2)25-13-14-26-22(8-7-15-29(25,26)6)11-12-23-16-24(30)17-27(31)21(23)3/h9-12,18,20,24-27,30-32H,3,7-8,13-17H2,1-2,4-6H3/b10-9+,19-18+,22-11+,23-12-/t20-,24-,25-,26+,27+,29-/m1/s1. The molecule has 0 unspecified atom stereocenters. The van der Waals surface area contributed by atoms with Crippen LogP contribution in [0.1, 0.15) is 79.6 Å². The van der Waals surface area contributed by atoms with Crippen LogP contribution in [0.4, 0.5) is 0 Å². The Bertz CT molecular complexity index is 822. The lowest BCUT2D eigenvalue weighted by Crippen LogP contribution is -2.35. The molecule has 3 saturated carbocycles. The van der Waals surface area contributed by atoms with Crippen LogP contribution in [0.15, 0.2) is 59.3 Å². The third-order valence-corrected chi connectivity index (χ3v) is 8.18. The highest BCUT2D eigenvalue weighted by Crippen LogP contribution is 2.59. The Morgan fingerprint density at radius 2 is 1.94 bits per heavy atom. The first-order chi connectivity index (χ1) is 14.9. The average Bonchev–Trinajstić information content (AvgIpc) is 3.04. The fourth-order valence-corrected chi connectivity index (χ4v) is 6.65. The van der Waals surface area contributed by atoms with E-state index in [-0.39, 0.29) is 0 Å². The molecular formula is C29H44O3. The van der Waals surface area contributed by atoms with Crippen molar-refractivity contribution < 1.29 is 15.3 Å². The minimum absolute atomic E-state index is 0.308. The van der Waals surface area contributed by atoms with E-state index in [1.807, 2.05) is 19.9 Å². The summed E-state index contributed by atoms with van der Waals surface area (Å²) in [7, 11) is 0. The largest absolute Gasteiger partial charge is 0.393 e. The van der Waals surface area contributed by atoms with Crippen LogP contribution in [-0.2, 0) is 0 Å². The third kappa shape index (κ3) is 5.73. The van der Waals surface area contributed by atoms with E-state index in [0.29, 0.717) is 36.0 Å². The number of rotatable bonds is 5. The lowest BCUT2D eigenvalue weighted by Gasteiger charge is -2.44. The van der Waals surface area contributed by atoms with Crippen LogP contribution in [0.5, 0.6) is 0 Å². The topological polar surface area (TPSA) is 60.7 Å². The summed E-state index contributed by atoms with van der Waals surface area (Å²) in [5.41, 5.74) is 3.93. The van der Waals surface area contributed by atoms with E-state index in [9.17, 15) is 15.3 Å². The molecule has 0 aromatic carbocycles. The van der Waals surface area contributed by atoms with Gasteiger partial charge in [-0.05, 0) is 93.6 Å². The zero-order valence-corrected chi connectivity index (χ0v) is 20.8. The Kier molecular flexibility index (Phi) is 7.74. The number of aliphatic hydroxyl groups is 3. The Labute approximate surface area is 195 Å². The van der Waals surface area contributed by atoms with Crippen LogP contribution < -0.4 is 0 Å². The number of hydrogen-bond acceptors (Lipinski definition) is 3. The van der Waals surface area contributed by atoms with Gasteiger partial charge in [0.05, 0.1) is 17.8 Å². The molecule has 0 aromatic rings. The molecule has 3 aliphatic rings. The predicted molar refractivity (Wildman–Crippen MR) is 133 cm³/mol. The van der Waals surface area contributed by atoms with Crippen LogP contribution >= 0.6 is 0 Å². The molecule has 0 amide bonds. The number of fused-ring (bicyclic) bond motifs is 1. The Morgan fingerprint density at radius 1 is 1.22 bits per heavy atom. The van der Waals surface area contributed by atoms with Crippen molar-refractivity contribution in [2.45, 2.75) is 97.4 Å². The molecule has 3 aliphatic carbocycles. The highest BCUT2D eigenvalue weighted by Gasteiger charge is 2.50. The molecule has 0 bridgehead atoms. The second-order valence-corrected chi connectivity index (χ2v) is 11.4. The van der Waals surface area contributed by atoms with Crippen molar-refractivity contribution in [1.29, 1.82) is 0 Å². The molecule has 178 valence electrons. The minimum atomic E-state index is -0.782. The second-order valence-electron chi connectivity index (χ2n) is 11.4. The summed E-state index contributed by atoms with van der Waals surface area (Å²) in [6, 6.07) is 0. The van der Waals surface area contributed by atoms with Crippen molar-refractivity contribution in [3.8, 4) is 0 Å². The van der Waals surface area contributed by atoms with Crippen LogP contribution in [0.25, 0.3) is 0 Å². The molecule has 0 heterocycles. The molecule has 32 heavy (non-hydrogen) atoms. The lowest BCUT2D eigenvalue weighted by molar-refractivity contribution is 0.0862. The van der Waals surface area contributed by atoms with Crippen molar-refractivity contribution in [3.05, 3.63) is 59.3 Å². The van der Waals surface area contributed by atoms with E-state index < -0.39 is 17.8 Å². The van der Waals surface area contributed by atoms with Gasteiger partial charge in [-0.2, -0.15) is 0 Å². The second kappa shape index (κ2) is 9.83. The highest BCUT2D eigenvalue weighted by molar-refractivity contribution is 5.38. The van der Waals surface area contributed by atoms with Gasteiger partial charge >= 0.3 is 0 Å². The first kappa shape index (κ1) is 25.2. The summed E-state index contributed by atoms with van der Waals surface area (Å²) in [5.74, 6) is 1.76. The maximum atomic E-state index is 10.1. The predicted octanol–water partition coefficient (Wildman–Crippen LogP) is 6.04. The zero-order chi connectivity index (χ0) is 23.7. The third-order valence-electron chi connectivity index (χ3n) is 8.18. The van der Waals surface area contributed by atoms with Gasteiger partial charge in [-0.25, -0.2) is 0 Å². The molecule has 0 aromatic heterocycles. The molecule has 3 nitrogen and oxygen atoms in total. The molecule has 3 N–H and O–H groups in total. The van der Waals surface area contributed by atoms with Gasteiger partial charge in [-0.15, -0.1) is 0 Å². The maximum Gasteiger partial charge on any atom is 0.0811 e. The first-order valence-electron chi connectivity index (χ1n) is 12.5. The van der Waals surface area contributed by atoms with E-state index in [1.54, 1.807) is 0 Å². The van der Waals surface area contributed by atoms with Gasteiger partial charge in [0.2, 0.25) is 0 Å². The Hall–Kier alpha value is -1.42. The van der Waals surface area contributed by atoms with Crippen molar-refractivity contribution in [2.24, 2.45) is 23.2 Å². The highest BCUT2D eigenvalue weighted by atomic mass is 16.3. The van der Waals surface area contributed by atoms with Crippen LogP contribution in [-0.4, -0.2) is 33.1 Å². The van der Waals surface area contributed by atoms with E-state index in [0.717, 1.165) is 23.1 Å². The molecule has 3 heteroatoms. The summed E-state index contributed by atoms with van der Waals surface area (Å²) in [6.45, 7) is 14.6. The number of aliphatic hydroxyl groups excluding tert-OH is 2. The van der Waals surface area contributed by atoms with Gasteiger partial charge in [-0.1, -0.05) is 62.0 Å². The molecule has 0 aliphatic heterocycles. The van der Waals surface area contributed by atoms with Crippen LogP contribution in [0, 0.1) is 23.2 Å². The lowest BCUT2D eigenvalue weighted by atomic mass is 9.61. The Balaban J connectivity index is 1.76. The number of allylic oxidation sites excluding steroid dienone is 6. The van der Waals surface area contributed by atoms with Crippen LogP contribution in [0.2, 0.25) is 0 Å². The van der Waals surface area contributed by atoms with E-state index in [1.165, 1.54) is 31.3 Å². The first-order valence-corrected chi connectivity index (χ1v) is 12.5. The molecular weight excluding hydrogens is 396 g/mol. The van der Waals surface area contributed by atoms with Gasteiger partial charge < -0.3 is 15.3 Å². The summed E-state index contributed by atoms with van der Waals surface area (Å²) in [5, 5.41) is 30.2. The van der Waals surface area contributed by atoms with Crippen molar-refractivity contribution in [1.82, 2.24) is 0 Å². The van der Waals surface area contributed by atoms with Crippen molar-refractivity contribution in [3.63, 3.8) is 0 Å². The summed E-state index contributed by atoms with van der Waals surface area (Å²) >= 11 is 0. The van der Waals surface area contributed by atoms with E-state index >= 15 is 0 Å². The van der Waals surface area contributed by atoms with E-state index in [2.05, 4.69) is 51.7 Å². The summed E-state index contributed by atoms with van der Waals surface area (Å²) < 4.78 is 0. The summed E-state index contributed by atoms with van der Waals surface area (Å²) in [6.07, 6.45) is 16.8. The SMILES string of the molecule is C=C1/C(=C\C=C2/CCC[C@]3(C)[C@@H]([C@H](C)/C=C/C(C)=C/C(C)(C)O)CC[C@@H]23)C[C@@H](O)C[C@@H]1O. The normalized spacial score (nSPS) is 38.0. The molecule has 3 fully saturated rings.